The zero-order valence-electron chi connectivity index (χ0n) is 14.0. The lowest BCUT2D eigenvalue weighted by molar-refractivity contribution is 0.621. The van der Waals surface area contributed by atoms with E-state index in [0.29, 0.717) is 18.1 Å². The van der Waals surface area contributed by atoms with Crippen molar-refractivity contribution in [2.75, 3.05) is 17.8 Å². The summed E-state index contributed by atoms with van der Waals surface area (Å²) in [5, 5.41) is -0.133. The van der Waals surface area contributed by atoms with E-state index in [1.807, 2.05) is 18.1 Å². The fourth-order valence-corrected chi connectivity index (χ4v) is 3.57. The lowest BCUT2D eigenvalue weighted by atomic mass is 10.1. The molecule has 0 saturated heterocycles. The predicted octanol–water partition coefficient (Wildman–Crippen LogP) is 4.95. The van der Waals surface area contributed by atoms with Crippen LogP contribution in [0.4, 0.5) is 15.9 Å². The highest BCUT2D eigenvalue weighted by Gasteiger charge is 2.26. The van der Waals surface area contributed by atoms with Crippen LogP contribution in [0.3, 0.4) is 0 Å². The van der Waals surface area contributed by atoms with Crippen molar-refractivity contribution in [1.82, 2.24) is 9.97 Å². The zero-order chi connectivity index (χ0) is 17.4. The molecular formula is C17H18ClFN4S. The third kappa shape index (κ3) is 3.00. The molecule has 4 nitrogen and oxygen atoms in total. The third-order valence-electron chi connectivity index (χ3n) is 3.80. The van der Waals surface area contributed by atoms with Crippen LogP contribution in [0.1, 0.15) is 36.7 Å². The van der Waals surface area contributed by atoms with Crippen LogP contribution in [0.2, 0.25) is 5.15 Å². The summed E-state index contributed by atoms with van der Waals surface area (Å²) in [7, 11) is 0. The predicted molar refractivity (Wildman–Crippen MR) is 98.6 cm³/mol. The van der Waals surface area contributed by atoms with Gasteiger partial charge in [-0.25, -0.2) is 9.37 Å². The van der Waals surface area contributed by atoms with Crippen molar-refractivity contribution in [1.29, 1.82) is 0 Å². The summed E-state index contributed by atoms with van der Waals surface area (Å²) in [6, 6.07) is 3.42. The Labute approximate surface area is 150 Å². The van der Waals surface area contributed by atoms with E-state index in [2.05, 4.69) is 29.9 Å². The van der Waals surface area contributed by atoms with Crippen molar-refractivity contribution >= 4 is 41.1 Å². The molecule has 126 valence electrons. The number of halogens is 2. The van der Waals surface area contributed by atoms with Crippen LogP contribution in [0.15, 0.2) is 22.0 Å². The number of aromatic nitrogens is 2. The molecule has 1 aliphatic heterocycles. The SMILES string of the molecule is CSc1cc(C)nc(C(C)C)c1N1CN=Cc2cc(F)c(Cl)nc21. The molecule has 0 saturated carbocycles. The Bertz CT molecular complexity index is 823. The number of anilines is 2. The molecule has 1 aliphatic rings. The van der Waals surface area contributed by atoms with Gasteiger partial charge in [-0.15, -0.1) is 11.8 Å². The maximum atomic E-state index is 13.8. The van der Waals surface area contributed by atoms with Gasteiger partial charge in [0.05, 0.1) is 11.4 Å². The molecule has 0 aliphatic carbocycles. The van der Waals surface area contributed by atoms with Crippen LogP contribution in [-0.2, 0) is 0 Å². The maximum Gasteiger partial charge on any atom is 0.167 e. The van der Waals surface area contributed by atoms with E-state index >= 15 is 0 Å². The summed E-state index contributed by atoms with van der Waals surface area (Å²) < 4.78 is 13.8. The fourth-order valence-electron chi connectivity index (χ4n) is 2.74. The number of fused-ring (bicyclic) bond motifs is 1. The molecule has 7 heteroatoms. The minimum atomic E-state index is -0.542. The van der Waals surface area contributed by atoms with E-state index in [4.69, 9.17) is 16.6 Å². The number of pyridine rings is 2. The molecule has 0 unspecified atom stereocenters. The number of hydrogen-bond acceptors (Lipinski definition) is 5. The van der Waals surface area contributed by atoms with Gasteiger partial charge in [0.2, 0.25) is 0 Å². The van der Waals surface area contributed by atoms with Gasteiger partial charge in [0.1, 0.15) is 12.5 Å². The Morgan fingerprint density at radius 2 is 2.04 bits per heavy atom. The molecule has 0 spiro atoms. The van der Waals surface area contributed by atoms with Gasteiger partial charge < -0.3 is 4.90 Å². The van der Waals surface area contributed by atoms with Gasteiger partial charge in [-0.3, -0.25) is 9.98 Å². The van der Waals surface area contributed by atoms with Crippen LogP contribution in [0.25, 0.3) is 0 Å². The molecule has 0 atom stereocenters. The lowest BCUT2D eigenvalue weighted by Gasteiger charge is -2.30. The second-order valence-electron chi connectivity index (χ2n) is 5.91. The first kappa shape index (κ1) is 17.2. The summed E-state index contributed by atoms with van der Waals surface area (Å²) in [4.78, 5) is 16.4. The Kier molecular flexibility index (Phi) is 4.78. The van der Waals surface area contributed by atoms with E-state index < -0.39 is 5.82 Å². The number of thioether (sulfide) groups is 1. The van der Waals surface area contributed by atoms with Crippen LogP contribution in [0, 0.1) is 12.7 Å². The van der Waals surface area contributed by atoms with Crippen LogP contribution >= 0.6 is 23.4 Å². The molecular weight excluding hydrogens is 347 g/mol. The van der Waals surface area contributed by atoms with Gasteiger partial charge in [0.25, 0.3) is 0 Å². The van der Waals surface area contributed by atoms with Gasteiger partial charge in [-0.2, -0.15) is 0 Å². The van der Waals surface area contributed by atoms with E-state index in [-0.39, 0.29) is 11.1 Å². The Morgan fingerprint density at radius 1 is 1.29 bits per heavy atom. The average molecular weight is 365 g/mol. The Morgan fingerprint density at radius 3 is 2.71 bits per heavy atom. The van der Waals surface area contributed by atoms with Crippen molar-refractivity contribution in [2.24, 2.45) is 4.99 Å². The quantitative estimate of drug-likeness (QED) is 0.570. The van der Waals surface area contributed by atoms with Crippen molar-refractivity contribution in [3.8, 4) is 0 Å². The molecule has 0 bridgehead atoms. The lowest BCUT2D eigenvalue weighted by Crippen LogP contribution is -2.26. The summed E-state index contributed by atoms with van der Waals surface area (Å²) in [5.41, 5.74) is 3.53. The van der Waals surface area contributed by atoms with Gasteiger partial charge in [-0.1, -0.05) is 25.4 Å². The van der Waals surface area contributed by atoms with Crippen LogP contribution in [0.5, 0.6) is 0 Å². The standard InChI is InChI=1S/C17H18ClFN4S/c1-9(2)14-15(13(24-4)5-10(3)21-14)23-8-20-7-11-6-12(19)16(18)22-17(11)23/h5-7,9H,8H2,1-4H3. The van der Waals surface area contributed by atoms with Crippen LogP contribution in [-0.4, -0.2) is 29.1 Å². The van der Waals surface area contributed by atoms with Crippen molar-refractivity contribution in [3.63, 3.8) is 0 Å². The highest BCUT2D eigenvalue weighted by atomic mass is 35.5. The summed E-state index contributed by atoms with van der Waals surface area (Å²) in [5.74, 6) is 0.301. The minimum Gasteiger partial charge on any atom is -0.303 e. The molecule has 2 aromatic rings. The number of aliphatic imine (C=N–C) groups is 1. The van der Waals surface area contributed by atoms with Gasteiger partial charge in [0.15, 0.2) is 11.0 Å². The zero-order valence-corrected chi connectivity index (χ0v) is 15.5. The van der Waals surface area contributed by atoms with E-state index in [1.54, 1.807) is 18.0 Å². The van der Waals surface area contributed by atoms with Crippen molar-refractivity contribution in [2.45, 2.75) is 31.6 Å². The van der Waals surface area contributed by atoms with Crippen molar-refractivity contribution in [3.05, 3.63) is 40.1 Å². The summed E-state index contributed by atoms with van der Waals surface area (Å²) in [6.45, 7) is 6.60. The topological polar surface area (TPSA) is 41.4 Å². The summed E-state index contributed by atoms with van der Waals surface area (Å²) in [6.07, 6.45) is 3.66. The average Bonchev–Trinajstić information content (AvgIpc) is 2.54. The number of aryl methyl sites for hydroxylation is 1. The number of hydrogen-bond donors (Lipinski definition) is 0. The first-order chi connectivity index (χ1) is 11.4. The Hall–Kier alpha value is -1.66. The van der Waals surface area contributed by atoms with E-state index in [9.17, 15) is 4.39 Å². The molecule has 0 fully saturated rings. The molecule has 24 heavy (non-hydrogen) atoms. The maximum absolute atomic E-state index is 13.8. The monoisotopic (exact) mass is 364 g/mol. The molecule has 2 aromatic heterocycles. The molecule has 0 amide bonds. The third-order valence-corrected chi connectivity index (χ3v) is 4.82. The fraction of sp³-hybridized carbons (Fsp3) is 0.353. The Balaban J connectivity index is 2.24. The summed E-state index contributed by atoms with van der Waals surface area (Å²) >= 11 is 7.57. The molecule has 3 heterocycles. The second kappa shape index (κ2) is 6.69. The number of nitrogens with zero attached hydrogens (tertiary/aromatic N) is 4. The normalized spacial score (nSPS) is 13.5. The van der Waals surface area contributed by atoms with E-state index in [0.717, 1.165) is 22.0 Å². The minimum absolute atomic E-state index is 0.133. The second-order valence-corrected chi connectivity index (χ2v) is 7.12. The van der Waals surface area contributed by atoms with Crippen LogP contribution < -0.4 is 4.90 Å². The van der Waals surface area contributed by atoms with Gasteiger partial charge in [-0.05, 0) is 31.2 Å². The first-order valence-electron chi connectivity index (χ1n) is 7.61. The van der Waals surface area contributed by atoms with Gasteiger partial charge >= 0.3 is 0 Å². The largest absolute Gasteiger partial charge is 0.303 e. The molecule has 0 aromatic carbocycles. The highest BCUT2D eigenvalue weighted by Crippen LogP contribution is 2.40. The molecule has 3 rings (SSSR count). The first-order valence-corrected chi connectivity index (χ1v) is 9.21. The van der Waals surface area contributed by atoms with Crippen molar-refractivity contribution < 1.29 is 4.39 Å². The van der Waals surface area contributed by atoms with E-state index in [1.165, 1.54) is 6.07 Å². The number of rotatable bonds is 3. The molecule has 0 radical (unpaired) electrons. The smallest absolute Gasteiger partial charge is 0.167 e. The van der Waals surface area contributed by atoms with Gasteiger partial charge in [0, 0.05) is 22.4 Å². The highest BCUT2D eigenvalue weighted by molar-refractivity contribution is 7.98. The molecule has 0 N–H and O–H groups in total.